The van der Waals surface area contributed by atoms with E-state index in [0.717, 1.165) is 17.7 Å². The van der Waals surface area contributed by atoms with Gasteiger partial charge in [0.05, 0.1) is 12.6 Å². The third kappa shape index (κ3) is 2.56. The van der Waals surface area contributed by atoms with E-state index in [1.165, 1.54) is 11.0 Å². The van der Waals surface area contributed by atoms with E-state index in [2.05, 4.69) is 15.4 Å². The average molecular weight is 273 g/mol. The number of anilines is 1. The number of nitrogens with two attached hydrogens (primary N) is 1. The zero-order chi connectivity index (χ0) is 13.9. The maximum absolute atomic E-state index is 12.0. The molecular formula is C13H15N5O2. The summed E-state index contributed by atoms with van der Waals surface area (Å²) in [5.74, 6) is 0.861. The first-order valence-electron chi connectivity index (χ1n) is 6.38. The fourth-order valence-corrected chi connectivity index (χ4v) is 2.26. The van der Waals surface area contributed by atoms with Gasteiger partial charge in [-0.1, -0.05) is 18.2 Å². The quantitative estimate of drug-likeness (QED) is 0.849. The highest BCUT2D eigenvalue weighted by Gasteiger charge is 2.22. The fourth-order valence-electron chi connectivity index (χ4n) is 2.26. The second-order valence-electron chi connectivity index (χ2n) is 4.60. The molecule has 0 radical (unpaired) electrons. The van der Waals surface area contributed by atoms with Crippen LogP contribution in [0.5, 0.6) is 5.75 Å². The van der Waals surface area contributed by atoms with Gasteiger partial charge in [-0.3, -0.25) is 4.79 Å². The maximum Gasteiger partial charge on any atom is 0.242 e. The number of hydrogen-bond donors (Lipinski definition) is 2. The first-order valence-corrected chi connectivity index (χ1v) is 6.38. The van der Waals surface area contributed by atoms with Crippen molar-refractivity contribution in [3.8, 4) is 5.75 Å². The summed E-state index contributed by atoms with van der Waals surface area (Å²) < 4.78 is 6.97. The summed E-state index contributed by atoms with van der Waals surface area (Å²) in [6.45, 7) is 0.696. The van der Waals surface area contributed by atoms with Crippen LogP contribution < -0.4 is 15.8 Å². The molecule has 1 atom stereocenters. The lowest BCUT2D eigenvalue weighted by molar-refractivity contribution is -0.122. The van der Waals surface area contributed by atoms with E-state index in [-0.39, 0.29) is 24.4 Å². The summed E-state index contributed by atoms with van der Waals surface area (Å²) in [6, 6.07) is 7.69. The number of para-hydroxylation sites is 1. The number of aromatic nitrogens is 3. The Balaban J connectivity index is 1.68. The van der Waals surface area contributed by atoms with Gasteiger partial charge in [0.1, 0.15) is 18.6 Å². The summed E-state index contributed by atoms with van der Waals surface area (Å²) in [6.07, 6.45) is 2.19. The van der Waals surface area contributed by atoms with E-state index in [0.29, 0.717) is 6.61 Å². The molecule has 0 aliphatic carbocycles. The Morgan fingerprint density at radius 1 is 1.50 bits per heavy atom. The molecule has 0 spiro atoms. The molecule has 1 aliphatic rings. The van der Waals surface area contributed by atoms with Crippen molar-refractivity contribution in [2.75, 3.05) is 12.3 Å². The fraction of sp³-hybridized carbons (Fsp3) is 0.308. The molecule has 104 valence electrons. The third-order valence-corrected chi connectivity index (χ3v) is 3.15. The van der Waals surface area contributed by atoms with E-state index in [1.54, 1.807) is 0 Å². The van der Waals surface area contributed by atoms with Crippen LogP contribution >= 0.6 is 0 Å². The lowest BCUT2D eigenvalue weighted by Crippen LogP contribution is -2.34. The second kappa shape index (κ2) is 5.20. The lowest BCUT2D eigenvalue weighted by atomic mass is 10.0. The monoisotopic (exact) mass is 273 g/mol. The number of benzene rings is 1. The van der Waals surface area contributed by atoms with E-state index in [1.807, 2.05) is 24.3 Å². The zero-order valence-corrected chi connectivity index (χ0v) is 10.8. The van der Waals surface area contributed by atoms with Crippen LogP contribution in [0.2, 0.25) is 0 Å². The molecule has 2 aromatic rings. The summed E-state index contributed by atoms with van der Waals surface area (Å²) in [5, 5.41) is 6.87. The predicted molar refractivity (Wildman–Crippen MR) is 71.9 cm³/mol. The first kappa shape index (κ1) is 12.5. The topological polar surface area (TPSA) is 95.1 Å². The van der Waals surface area contributed by atoms with Crippen molar-refractivity contribution >= 4 is 11.9 Å². The van der Waals surface area contributed by atoms with Crippen LogP contribution in [-0.4, -0.2) is 27.3 Å². The van der Waals surface area contributed by atoms with Gasteiger partial charge in [0.15, 0.2) is 0 Å². The SMILES string of the molecule is Nc1ncn(CC(=O)NC2CCOc3ccccc32)n1. The minimum Gasteiger partial charge on any atom is -0.493 e. The highest BCUT2D eigenvalue weighted by molar-refractivity contribution is 5.76. The van der Waals surface area contributed by atoms with Gasteiger partial charge >= 0.3 is 0 Å². The Kier molecular flexibility index (Phi) is 3.24. The van der Waals surface area contributed by atoms with E-state index < -0.39 is 0 Å². The summed E-state index contributed by atoms with van der Waals surface area (Å²) in [4.78, 5) is 15.8. The number of amides is 1. The van der Waals surface area contributed by atoms with Crippen molar-refractivity contribution in [1.29, 1.82) is 0 Å². The Hall–Kier alpha value is -2.57. The summed E-state index contributed by atoms with van der Waals surface area (Å²) in [5.41, 5.74) is 6.42. The van der Waals surface area contributed by atoms with Crippen molar-refractivity contribution in [3.63, 3.8) is 0 Å². The zero-order valence-electron chi connectivity index (χ0n) is 10.8. The van der Waals surface area contributed by atoms with Crippen LogP contribution in [0.1, 0.15) is 18.0 Å². The van der Waals surface area contributed by atoms with Crippen molar-refractivity contribution in [2.24, 2.45) is 0 Å². The van der Waals surface area contributed by atoms with Gasteiger partial charge in [0.25, 0.3) is 0 Å². The standard InChI is InChI=1S/C13H15N5O2/c14-13-15-8-18(17-13)7-12(19)16-10-5-6-20-11-4-2-1-3-9(10)11/h1-4,8,10H,5-7H2,(H2,14,17)(H,16,19). The second-order valence-corrected chi connectivity index (χ2v) is 4.60. The number of nitrogen functional groups attached to an aromatic ring is 1. The van der Waals surface area contributed by atoms with Crippen molar-refractivity contribution in [2.45, 2.75) is 19.0 Å². The van der Waals surface area contributed by atoms with E-state index >= 15 is 0 Å². The van der Waals surface area contributed by atoms with E-state index in [9.17, 15) is 4.79 Å². The molecule has 0 saturated carbocycles. The molecule has 1 aromatic heterocycles. The molecule has 0 saturated heterocycles. The van der Waals surface area contributed by atoms with Crippen molar-refractivity contribution < 1.29 is 9.53 Å². The lowest BCUT2D eigenvalue weighted by Gasteiger charge is -2.26. The van der Waals surface area contributed by atoms with Gasteiger partial charge in [-0.25, -0.2) is 9.67 Å². The van der Waals surface area contributed by atoms with Crippen LogP contribution in [0, 0.1) is 0 Å². The Morgan fingerprint density at radius 2 is 2.35 bits per heavy atom. The minimum absolute atomic E-state index is 0.0340. The Labute approximate surface area is 115 Å². The first-order chi connectivity index (χ1) is 9.72. The molecule has 1 aromatic carbocycles. The number of hydrogen-bond acceptors (Lipinski definition) is 5. The molecular weight excluding hydrogens is 258 g/mol. The number of nitrogens with one attached hydrogen (secondary N) is 1. The smallest absolute Gasteiger partial charge is 0.242 e. The largest absolute Gasteiger partial charge is 0.493 e. The summed E-state index contributed by atoms with van der Waals surface area (Å²) >= 11 is 0. The molecule has 7 heteroatoms. The number of carbonyl (C=O) groups is 1. The van der Waals surface area contributed by atoms with E-state index in [4.69, 9.17) is 10.5 Å². The maximum atomic E-state index is 12.0. The van der Waals surface area contributed by atoms with Crippen molar-refractivity contribution in [1.82, 2.24) is 20.1 Å². The van der Waals surface area contributed by atoms with Gasteiger partial charge in [-0.05, 0) is 6.07 Å². The molecule has 2 heterocycles. The summed E-state index contributed by atoms with van der Waals surface area (Å²) in [7, 11) is 0. The number of nitrogens with zero attached hydrogens (tertiary/aromatic N) is 3. The normalized spacial score (nSPS) is 17.1. The number of rotatable bonds is 3. The molecule has 1 aliphatic heterocycles. The van der Waals surface area contributed by atoms with Gasteiger partial charge in [0, 0.05) is 12.0 Å². The van der Waals surface area contributed by atoms with Gasteiger partial charge in [0.2, 0.25) is 11.9 Å². The van der Waals surface area contributed by atoms with Gasteiger partial charge in [-0.2, -0.15) is 0 Å². The van der Waals surface area contributed by atoms with Crippen LogP contribution in [0.25, 0.3) is 0 Å². The molecule has 1 unspecified atom stereocenters. The molecule has 0 fully saturated rings. The van der Waals surface area contributed by atoms with Crippen LogP contribution in [0.4, 0.5) is 5.95 Å². The van der Waals surface area contributed by atoms with Crippen LogP contribution in [-0.2, 0) is 11.3 Å². The Bertz CT molecular complexity index is 625. The molecule has 3 N–H and O–H groups in total. The van der Waals surface area contributed by atoms with Crippen LogP contribution in [0.3, 0.4) is 0 Å². The Morgan fingerprint density at radius 3 is 3.15 bits per heavy atom. The minimum atomic E-state index is -0.128. The molecule has 0 bridgehead atoms. The molecule has 20 heavy (non-hydrogen) atoms. The average Bonchev–Trinajstić information content (AvgIpc) is 2.84. The molecule has 1 amide bonds. The highest BCUT2D eigenvalue weighted by atomic mass is 16.5. The van der Waals surface area contributed by atoms with Crippen LogP contribution in [0.15, 0.2) is 30.6 Å². The number of fused-ring (bicyclic) bond motifs is 1. The van der Waals surface area contributed by atoms with Crippen molar-refractivity contribution in [3.05, 3.63) is 36.2 Å². The molecule has 3 rings (SSSR count). The third-order valence-electron chi connectivity index (χ3n) is 3.15. The number of carbonyl (C=O) groups excluding carboxylic acids is 1. The molecule has 7 nitrogen and oxygen atoms in total. The van der Waals surface area contributed by atoms with Gasteiger partial charge < -0.3 is 15.8 Å². The number of ether oxygens (including phenoxy) is 1. The highest BCUT2D eigenvalue weighted by Crippen LogP contribution is 2.31. The van der Waals surface area contributed by atoms with Gasteiger partial charge in [-0.15, -0.1) is 5.10 Å². The predicted octanol–water partition coefficient (Wildman–Crippen LogP) is 0.500.